The molecule has 0 unspecified atom stereocenters. The largest absolute Gasteiger partial charge is 0.479 e. The first-order valence-corrected chi connectivity index (χ1v) is 6.61. The highest BCUT2D eigenvalue weighted by atomic mass is 16.5. The molecule has 17 heavy (non-hydrogen) atoms. The van der Waals surface area contributed by atoms with E-state index in [0.717, 1.165) is 25.7 Å². The van der Waals surface area contributed by atoms with Crippen molar-refractivity contribution in [2.45, 2.75) is 57.2 Å². The third-order valence-electron chi connectivity index (χ3n) is 4.03. The second-order valence-corrected chi connectivity index (χ2v) is 5.41. The van der Waals surface area contributed by atoms with E-state index in [1.807, 2.05) is 0 Å². The van der Waals surface area contributed by atoms with Gasteiger partial charge in [-0.15, -0.1) is 0 Å². The third-order valence-corrected chi connectivity index (χ3v) is 4.03. The van der Waals surface area contributed by atoms with Crippen molar-refractivity contribution in [2.75, 3.05) is 13.2 Å². The maximum absolute atomic E-state index is 11.5. The van der Waals surface area contributed by atoms with Crippen LogP contribution in [-0.4, -0.2) is 36.0 Å². The van der Waals surface area contributed by atoms with E-state index in [2.05, 4.69) is 6.92 Å². The Balaban J connectivity index is 1.98. The molecule has 0 aromatic carbocycles. The Labute approximate surface area is 102 Å². The van der Waals surface area contributed by atoms with Crippen LogP contribution in [0.15, 0.2) is 0 Å². The molecule has 1 aliphatic heterocycles. The number of carboxylic acids is 1. The Bertz CT molecular complexity index is 263. The Morgan fingerprint density at radius 3 is 2.35 bits per heavy atom. The summed E-state index contributed by atoms with van der Waals surface area (Å²) in [4.78, 5) is 11.5. The van der Waals surface area contributed by atoms with Crippen LogP contribution < -0.4 is 0 Å². The molecule has 0 amide bonds. The lowest BCUT2D eigenvalue weighted by Crippen LogP contribution is -2.48. The van der Waals surface area contributed by atoms with E-state index in [1.165, 1.54) is 0 Å². The van der Waals surface area contributed by atoms with E-state index in [9.17, 15) is 9.90 Å². The number of carboxylic acid groups (broad SMARTS) is 1. The van der Waals surface area contributed by atoms with Crippen molar-refractivity contribution in [3.63, 3.8) is 0 Å². The SMILES string of the molecule is CC1CCC(OC2CCOCC2)(C(=O)O)CC1. The van der Waals surface area contributed by atoms with Crippen LogP contribution in [0.25, 0.3) is 0 Å². The van der Waals surface area contributed by atoms with Gasteiger partial charge in [0.2, 0.25) is 0 Å². The molecular weight excluding hydrogens is 220 g/mol. The first-order chi connectivity index (χ1) is 8.12. The lowest BCUT2D eigenvalue weighted by atomic mass is 9.79. The van der Waals surface area contributed by atoms with Crippen molar-refractivity contribution in [3.05, 3.63) is 0 Å². The predicted molar refractivity (Wildman–Crippen MR) is 62.9 cm³/mol. The van der Waals surface area contributed by atoms with Crippen LogP contribution in [0.5, 0.6) is 0 Å². The molecule has 2 rings (SSSR count). The van der Waals surface area contributed by atoms with Crippen molar-refractivity contribution in [1.82, 2.24) is 0 Å². The smallest absolute Gasteiger partial charge is 0.335 e. The van der Waals surface area contributed by atoms with Gasteiger partial charge in [0.05, 0.1) is 6.10 Å². The topological polar surface area (TPSA) is 55.8 Å². The van der Waals surface area contributed by atoms with Gasteiger partial charge < -0.3 is 14.6 Å². The zero-order chi connectivity index (χ0) is 12.3. The Kier molecular flexibility index (Phi) is 4.05. The first kappa shape index (κ1) is 12.8. The average molecular weight is 242 g/mol. The minimum atomic E-state index is -0.922. The summed E-state index contributed by atoms with van der Waals surface area (Å²) in [7, 11) is 0. The fraction of sp³-hybridized carbons (Fsp3) is 0.923. The van der Waals surface area contributed by atoms with E-state index in [0.29, 0.717) is 32.0 Å². The molecular formula is C13H22O4. The third kappa shape index (κ3) is 2.99. The molecule has 1 heterocycles. The summed E-state index contributed by atoms with van der Waals surface area (Å²) in [5.74, 6) is -0.156. The van der Waals surface area contributed by atoms with E-state index in [-0.39, 0.29) is 6.10 Å². The average Bonchev–Trinajstić information content (AvgIpc) is 2.33. The maximum Gasteiger partial charge on any atom is 0.335 e. The lowest BCUT2D eigenvalue weighted by molar-refractivity contribution is -0.188. The van der Waals surface area contributed by atoms with E-state index in [4.69, 9.17) is 9.47 Å². The second kappa shape index (κ2) is 5.36. The Hall–Kier alpha value is -0.610. The van der Waals surface area contributed by atoms with Crippen molar-refractivity contribution in [1.29, 1.82) is 0 Å². The van der Waals surface area contributed by atoms with Gasteiger partial charge in [-0.1, -0.05) is 6.92 Å². The molecule has 2 aliphatic rings. The molecule has 0 aromatic rings. The van der Waals surface area contributed by atoms with Gasteiger partial charge in [0.15, 0.2) is 5.60 Å². The van der Waals surface area contributed by atoms with Gasteiger partial charge in [0, 0.05) is 13.2 Å². The van der Waals surface area contributed by atoms with Crippen LogP contribution in [0.3, 0.4) is 0 Å². The van der Waals surface area contributed by atoms with Gasteiger partial charge >= 0.3 is 5.97 Å². The number of ether oxygens (including phenoxy) is 2. The van der Waals surface area contributed by atoms with Gasteiger partial charge in [-0.3, -0.25) is 0 Å². The first-order valence-electron chi connectivity index (χ1n) is 6.61. The van der Waals surface area contributed by atoms with E-state index < -0.39 is 11.6 Å². The molecule has 4 heteroatoms. The van der Waals surface area contributed by atoms with Crippen LogP contribution in [0.2, 0.25) is 0 Å². The molecule has 4 nitrogen and oxygen atoms in total. The quantitative estimate of drug-likeness (QED) is 0.824. The number of hydrogen-bond donors (Lipinski definition) is 1. The molecule has 98 valence electrons. The lowest BCUT2D eigenvalue weighted by Gasteiger charge is -2.39. The standard InChI is InChI=1S/C13H22O4/c1-10-2-6-13(7-3-10,12(14)15)17-11-4-8-16-9-5-11/h10-11H,2-9H2,1H3,(H,14,15). The summed E-state index contributed by atoms with van der Waals surface area (Å²) in [5, 5.41) is 9.45. The molecule has 1 aliphatic carbocycles. The van der Waals surface area contributed by atoms with Crippen molar-refractivity contribution in [2.24, 2.45) is 5.92 Å². The number of hydrogen-bond acceptors (Lipinski definition) is 3. The van der Waals surface area contributed by atoms with Crippen LogP contribution in [0.1, 0.15) is 45.4 Å². The summed E-state index contributed by atoms with van der Waals surface area (Å²) in [6, 6.07) is 0. The fourth-order valence-electron chi connectivity index (χ4n) is 2.72. The van der Waals surface area contributed by atoms with Crippen molar-refractivity contribution < 1.29 is 19.4 Å². The predicted octanol–water partition coefficient (Wildman–Crippen LogP) is 2.22. The molecule has 0 radical (unpaired) electrons. The monoisotopic (exact) mass is 242 g/mol. The molecule has 0 spiro atoms. The Morgan fingerprint density at radius 2 is 1.82 bits per heavy atom. The highest BCUT2D eigenvalue weighted by molar-refractivity contribution is 5.77. The van der Waals surface area contributed by atoms with Gasteiger partial charge in [0.25, 0.3) is 0 Å². The molecule has 0 aromatic heterocycles. The fourth-order valence-corrected chi connectivity index (χ4v) is 2.72. The summed E-state index contributed by atoms with van der Waals surface area (Å²) in [5.41, 5.74) is -0.922. The normalized spacial score (nSPS) is 35.7. The summed E-state index contributed by atoms with van der Waals surface area (Å²) in [6.45, 7) is 3.56. The van der Waals surface area contributed by atoms with E-state index in [1.54, 1.807) is 0 Å². The van der Waals surface area contributed by atoms with Gasteiger partial charge in [-0.2, -0.15) is 0 Å². The molecule has 1 saturated heterocycles. The highest BCUT2D eigenvalue weighted by Crippen LogP contribution is 2.37. The summed E-state index contributed by atoms with van der Waals surface area (Å²) < 4.78 is 11.2. The van der Waals surface area contributed by atoms with Gasteiger partial charge in [-0.05, 0) is 44.4 Å². The highest BCUT2D eigenvalue weighted by Gasteiger charge is 2.44. The van der Waals surface area contributed by atoms with Crippen molar-refractivity contribution >= 4 is 5.97 Å². The van der Waals surface area contributed by atoms with Gasteiger partial charge in [0.1, 0.15) is 0 Å². The Morgan fingerprint density at radius 1 is 1.24 bits per heavy atom. The molecule has 1 saturated carbocycles. The minimum Gasteiger partial charge on any atom is -0.479 e. The molecule has 0 bridgehead atoms. The summed E-state index contributed by atoms with van der Waals surface area (Å²) >= 11 is 0. The minimum absolute atomic E-state index is 0.0632. The van der Waals surface area contributed by atoms with Crippen LogP contribution >= 0.6 is 0 Å². The zero-order valence-electron chi connectivity index (χ0n) is 10.5. The van der Waals surface area contributed by atoms with E-state index >= 15 is 0 Å². The second-order valence-electron chi connectivity index (χ2n) is 5.41. The summed E-state index contributed by atoms with van der Waals surface area (Å²) in [6.07, 6.45) is 4.93. The molecule has 2 fully saturated rings. The molecule has 0 atom stereocenters. The molecule has 1 N–H and O–H groups in total. The van der Waals surface area contributed by atoms with Crippen LogP contribution in [0.4, 0.5) is 0 Å². The van der Waals surface area contributed by atoms with Crippen LogP contribution in [0, 0.1) is 5.92 Å². The number of rotatable bonds is 3. The number of carbonyl (C=O) groups is 1. The van der Waals surface area contributed by atoms with Gasteiger partial charge in [-0.25, -0.2) is 4.79 Å². The zero-order valence-corrected chi connectivity index (χ0v) is 10.5. The van der Waals surface area contributed by atoms with Crippen molar-refractivity contribution in [3.8, 4) is 0 Å². The maximum atomic E-state index is 11.5. The van der Waals surface area contributed by atoms with Crippen LogP contribution in [-0.2, 0) is 14.3 Å². The number of aliphatic carboxylic acids is 1.